The van der Waals surface area contributed by atoms with E-state index in [-0.39, 0.29) is 23.8 Å². The van der Waals surface area contributed by atoms with Crippen molar-refractivity contribution in [1.29, 1.82) is 0 Å². The maximum Gasteiger partial charge on any atom is 0.224 e. The second-order valence-corrected chi connectivity index (χ2v) is 4.37. The molecule has 0 aliphatic rings. The lowest BCUT2D eigenvalue weighted by atomic mass is 9.95. The van der Waals surface area contributed by atoms with Crippen LogP contribution in [-0.2, 0) is 4.79 Å². The molecule has 0 radical (unpaired) electrons. The van der Waals surface area contributed by atoms with E-state index >= 15 is 0 Å². The van der Waals surface area contributed by atoms with E-state index in [1.807, 2.05) is 13.8 Å². The molecule has 0 saturated carbocycles. The summed E-state index contributed by atoms with van der Waals surface area (Å²) < 4.78 is 0. The molecule has 90 valence electrons. The first kappa shape index (κ1) is 14.4. The van der Waals surface area contributed by atoms with Crippen molar-refractivity contribution in [3.05, 3.63) is 0 Å². The van der Waals surface area contributed by atoms with Crippen LogP contribution < -0.4 is 11.1 Å². The fourth-order valence-electron chi connectivity index (χ4n) is 1.42. The minimum absolute atomic E-state index is 0.0260. The molecule has 0 aromatic heterocycles. The molecule has 1 amide bonds. The normalized spacial score (nSPS) is 15.1. The highest BCUT2D eigenvalue weighted by Crippen LogP contribution is 2.08. The van der Waals surface area contributed by atoms with Crippen LogP contribution in [0.25, 0.3) is 0 Å². The summed E-state index contributed by atoms with van der Waals surface area (Å²) in [7, 11) is 0. The molecule has 4 heteroatoms. The Morgan fingerprint density at radius 2 is 2.00 bits per heavy atom. The van der Waals surface area contributed by atoms with Gasteiger partial charge < -0.3 is 16.2 Å². The van der Waals surface area contributed by atoms with Crippen LogP contribution in [0, 0.1) is 11.8 Å². The molecule has 2 atom stereocenters. The number of amides is 1. The molecule has 0 aromatic rings. The van der Waals surface area contributed by atoms with E-state index in [4.69, 9.17) is 10.8 Å². The molecule has 0 aromatic carbocycles. The number of nitrogens with two attached hydrogens (primary N) is 1. The molecular formula is C11H24N2O2. The summed E-state index contributed by atoms with van der Waals surface area (Å²) in [6.07, 6.45) is 1.23. The van der Waals surface area contributed by atoms with Crippen molar-refractivity contribution in [3.63, 3.8) is 0 Å². The Hall–Kier alpha value is -0.610. The highest BCUT2D eigenvalue weighted by atomic mass is 16.3. The Bertz CT molecular complexity index is 181. The second kappa shape index (κ2) is 7.65. The highest BCUT2D eigenvalue weighted by molar-refractivity contribution is 5.79. The van der Waals surface area contributed by atoms with Crippen molar-refractivity contribution in [3.8, 4) is 0 Å². The Balaban J connectivity index is 3.72. The standard InChI is InChI=1S/C11H24N2O2/c1-8(2)10(7-12)11(15)13-6-4-5-9(3)14/h8-10,14H,4-7,12H2,1-3H3,(H,13,15). The number of carbonyl (C=O) groups excluding carboxylic acids is 1. The van der Waals surface area contributed by atoms with Crippen LogP contribution in [0.5, 0.6) is 0 Å². The van der Waals surface area contributed by atoms with Gasteiger partial charge in [0.2, 0.25) is 5.91 Å². The van der Waals surface area contributed by atoms with Crippen molar-refractivity contribution in [2.24, 2.45) is 17.6 Å². The second-order valence-electron chi connectivity index (χ2n) is 4.37. The third-order valence-electron chi connectivity index (χ3n) is 2.49. The Morgan fingerprint density at radius 3 is 2.40 bits per heavy atom. The topological polar surface area (TPSA) is 75.3 Å². The summed E-state index contributed by atoms with van der Waals surface area (Å²) >= 11 is 0. The Morgan fingerprint density at radius 1 is 1.40 bits per heavy atom. The van der Waals surface area contributed by atoms with E-state index in [0.717, 1.165) is 12.8 Å². The average Bonchev–Trinajstić information content (AvgIpc) is 2.12. The molecule has 0 rings (SSSR count). The first-order chi connectivity index (χ1) is 6.99. The van der Waals surface area contributed by atoms with Gasteiger partial charge in [-0.15, -0.1) is 0 Å². The van der Waals surface area contributed by atoms with Gasteiger partial charge in [0.05, 0.1) is 12.0 Å². The van der Waals surface area contributed by atoms with Crippen LogP contribution in [0.15, 0.2) is 0 Å². The smallest absolute Gasteiger partial charge is 0.224 e. The molecule has 0 bridgehead atoms. The van der Waals surface area contributed by atoms with Crippen LogP contribution in [0.1, 0.15) is 33.6 Å². The van der Waals surface area contributed by atoms with Crippen molar-refractivity contribution in [2.75, 3.05) is 13.1 Å². The summed E-state index contributed by atoms with van der Waals surface area (Å²) in [5.41, 5.74) is 5.53. The monoisotopic (exact) mass is 216 g/mol. The van der Waals surface area contributed by atoms with Crippen LogP contribution in [0.2, 0.25) is 0 Å². The summed E-state index contributed by atoms with van der Waals surface area (Å²) in [4.78, 5) is 11.6. The predicted octanol–water partition coefficient (Wildman–Crippen LogP) is 0.495. The lowest BCUT2D eigenvalue weighted by Crippen LogP contribution is -2.38. The lowest BCUT2D eigenvalue weighted by molar-refractivity contribution is -0.125. The zero-order chi connectivity index (χ0) is 11.8. The maximum absolute atomic E-state index is 11.6. The van der Waals surface area contributed by atoms with Gasteiger partial charge >= 0.3 is 0 Å². The van der Waals surface area contributed by atoms with Gasteiger partial charge in [-0.1, -0.05) is 13.8 Å². The lowest BCUT2D eigenvalue weighted by Gasteiger charge is -2.18. The molecule has 0 aliphatic heterocycles. The van der Waals surface area contributed by atoms with Gasteiger partial charge in [-0.3, -0.25) is 4.79 Å². The third-order valence-corrected chi connectivity index (χ3v) is 2.49. The van der Waals surface area contributed by atoms with E-state index in [2.05, 4.69) is 5.32 Å². The minimum atomic E-state index is -0.294. The number of nitrogens with one attached hydrogen (secondary N) is 1. The quantitative estimate of drug-likeness (QED) is 0.542. The van der Waals surface area contributed by atoms with Gasteiger partial charge in [-0.25, -0.2) is 0 Å². The summed E-state index contributed by atoms with van der Waals surface area (Å²) in [5, 5.41) is 11.9. The number of carbonyl (C=O) groups is 1. The van der Waals surface area contributed by atoms with Gasteiger partial charge in [0.25, 0.3) is 0 Å². The van der Waals surface area contributed by atoms with Gasteiger partial charge in [0.1, 0.15) is 0 Å². The SMILES string of the molecule is CC(O)CCCNC(=O)C(CN)C(C)C. The van der Waals surface area contributed by atoms with Gasteiger partial charge in [0.15, 0.2) is 0 Å². The van der Waals surface area contributed by atoms with E-state index < -0.39 is 0 Å². The molecule has 15 heavy (non-hydrogen) atoms. The van der Waals surface area contributed by atoms with Gasteiger partial charge in [-0.2, -0.15) is 0 Å². The molecule has 4 N–H and O–H groups in total. The third kappa shape index (κ3) is 6.47. The highest BCUT2D eigenvalue weighted by Gasteiger charge is 2.19. The zero-order valence-electron chi connectivity index (χ0n) is 9.99. The van der Waals surface area contributed by atoms with Crippen molar-refractivity contribution in [2.45, 2.75) is 39.7 Å². The van der Waals surface area contributed by atoms with E-state index in [1.165, 1.54) is 0 Å². The average molecular weight is 216 g/mol. The number of rotatable bonds is 7. The van der Waals surface area contributed by atoms with Crippen LogP contribution >= 0.6 is 0 Å². The molecule has 0 aliphatic carbocycles. The van der Waals surface area contributed by atoms with Crippen molar-refractivity contribution in [1.82, 2.24) is 5.32 Å². The Labute approximate surface area is 92.2 Å². The van der Waals surface area contributed by atoms with Gasteiger partial charge in [-0.05, 0) is 25.7 Å². The van der Waals surface area contributed by atoms with E-state index in [9.17, 15) is 4.79 Å². The van der Waals surface area contributed by atoms with E-state index in [1.54, 1.807) is 6.92 Å². The number of aliphatic hydroxyl groups excluding tert-OH is 1. The van der Waals surface area contributed by atoms with Gasteiger partial charge in [0, 0.05) is 13.1 Å². The maximum atomic E-state index is 11.6. The fourth-order valence-corrected chi connectivity index (χ4v) is 1.42. The molecule has 0 spiro atoms. The van der Waals surface area contributed by atoms with Crippen molar-refractivity contribution < 1.29 is 9.90 Å². The first-order valence-corrected chi connectivity index (χ1v) is 5.64. The Kier molecular flexibility index (Phi) is 7.34. The predicted molar refractivity (Wildman–Crippen MR) is 61.3 cm³/mol. The number of aliphatic hydroxyl groups is 1. The van der Waals surface area contributed by atoms with Crippen LogP contribution in [-0.4, -0.2) is 30.2 Å². The summed E-state index contributed by atoms with van der Waals surface area (Å²) in [5.74, 6) is 0.196. The van der Waals surface area contributed by atoms with Crippen LogP contribution in [0.4, 0.5) is 0 Å². The summed E-state index contributed by atoms with van der Waals surface area (Å²) in [6, 6.07) is 0. The molecule has 4 nitrogen and oxygen atoms in total. The molecule has 0 fully saturated rings. The fraction of sp³-hybridized carbons (Fsp3) is 0.909. The molecular weight excluding hydrogens is 192 g/mol. The molecule has 0 saturated heterocycles. The molecule has 0 heterocycles. The zero-order valence-corrected chi connectivity index (χ0v) is 9.99. The molecule has 2 unspecified atom stereocenters. The van der Waals surface area contributed by atoms with Crippen molar-refractivity contribution >= 4 is 5.91 Å². The van der Waals surface area contributed by atoms with E-state index in [0.29, 0.717) is 13.1 Å². The largest absolute Gasteiger partial charge is 0.393 e. The van der Waals surface area contributed by atoms with Crippen LogP contribution in [0.3, 0.4) is 0 Å². The first-order valence-electron chi connectivity index (χ1n) is 5.64. The minimum Gasteiger partial charge on any atom is -0.393 e. The number of hydrogen-bond donors (Lipinski definition) is 3. The summed E-state index contributed by atoms with van der Waals surface area (Å²) in [6.45, 7) is 6.74. The number of hydrogen-bond acceptors (Lipinski definition) is 3.